The minimum absolute atomic E-state index is 0.543. The van der Waals surface area contributed by atoms with Gasteiger partial charge in [0.2, 0.25) is 5.75 Å². The summed E-state index contributed by atoms with van der Waals surface area (Å²) in [6, 6.07) is 22.4. The highest BCUT2D eigenvalue weighted by atomic mass is 16.5. The van der Waals surface area contributed by atoms with Crippen molar-refractivity contribution in [1.29, 1.82) is 0 Å². The molecule has 176 valence electrons. The Morgan fingerprint density at radius 1 is 0.829 bits per heavy atom. The van der Waals surface area contributed by atoms with E-state index in [0.29, 0.717) is 23.1 Å². The average Bonchev–Trinajstić information content (AvgIpc) is 3.26. The maximum atomic E-state index is 5.49. The number of hydrogen-bond acceptors (Lipinski definition) is 6. The summed E-state index contributed by atoms with van der Waals surface area (Å²) in [4.78, 5) is 8.98. The third-order valence-electron chi connectivity index (χ3n) is 5.86. The zero-order chi connectivity index (χ0) is 24.2. The molecule has 0 radical (unpaired) electrons. The lowest BCUT2D eigenvalue weighted by Gasteiger charge is -2.15. The topological polar surface area (TPSA) is 70.4 Å². The Bertz CT molecular complexity index is 1420. The molecule has 0 saturated carbocycles. The van der Waals surface area contributed by atoms with Crippen LogP contribution in [0.15, 0.2) is 85.3 Å². The van der Waals surface area contributed by atoms with Gasteiger partial charge in [0.05, 0.1) is 32.5 Å². The Kier molecular flexibility index (Phi) is 6.22. The zero-order valence-corrected chi connectivity index (χ0v) is 19.9. The van der Waals surface area contributed by atoms with Gasteiger partial charge in [-0.1, -0.05) is 30.3 Å². The fourth-order valence-corrected chi connectivity index (χ4v) is 4.21. The molecule has 0 aliphatic carbocycles. The van der Waals surface area contributed by atoms with E-state index in [-0.39, 0.29) is 0 Å². The molecule has 0 aliphatic rings. The predicted molar refractivity (Wildman–Crippen MR) is 138 cm³/mol. The van der Waals surface area contributed by atoms with Gasteiger partial charge in [0, 0.05) is 60.0 Å². The van der Waals surface area contributed by atoms with Crippen molar-refractivity contribution >= 4 is 22.4 Å². The molecule has 0 atom stereocenters. The van der Waals surface area contributed by atoms with E-state index in [1.165, 1.54) is 5.56 Å². The van der Waals surface area contributed by atoms with Gasteiger partial charge in [0.15, 0.2) is 11.5 Å². The predicted octanol–water partition coefficient (Wildman–Crippen LogP) is 5.92. The van der Waals surface area contributed by atoms with Crippen molar-refractivity contribution in [3.63, 3.8) is 0 Å². The molecule has 35 heavy (non-hydrogen) atoms. The first kappa shape index (κ1) is 22.3. The molecule has 0 bridgehead atoms. The molecule has 7 heteroatoms. The van der Waals surface area contributed by atoms with Gasteiger partial charge in [-0.05, 0) is 23.8 Å². The van der Waals surface area contributed by atoms with E-state index in [0.717, 1.165) is 34.4 Å². The zero-order valence-electron chi connectivity index (χ0n) is 19.9. The standard InChI is InChI=1S/C28H26N4O3/c1-33-25-13-22(14-26(34-2)28(25)35-3)31-27-15-24-21(17-30-27)12-23(20-10-7-11-29-16-20)32(24)18-19-8-5-4-6-9-19/h4-17H,18H2,1-3H3,(H,30,31). The summed E-state index contributed by atoms with van der Waals surface area (Å²) in [5.74, 6) is 2.39. The van der Waals surface area contributed by atoms with Gasteiger partial charge < -0.3 is 24.1 Å². The number of aromatic nitrogens is 3. The van der Waals surface area contributed by atoms with Gasteiger partial charge in [-0.3, -0.25) is 4.98 Å². The quantitative estimate of drug-likeness (QED) is 0.306. The van der Waals surface area contributed by atoms with Crippen LogP contribution in [0.1, 0.15) is 5.56 Å². The Labute approximate surface area is 203 Å². The van der Waals surface area contributed by atoms with Crippen LogP contribution in [0, 0.1) is 0 Å². The lowest BCUT2D eigenvalue weighted by molar-refractivity contribution is 0.324. The second-order valence-electron chi connectivity index (χ2n) is 8.01. The Morgan fingerprint density at radius 3 is 2.26 bits per heavy atom. The van der Waals surface area contributed by atoms with Gasteiger partial charge in [-0.25, -0.2) is 4.98 Å². The van der Waals surface area contributed by atoms with Crippen molar-refractivity contribution < 1.29 is 14.2 Å². The molecule has 7 nitrogen and oxygen atoms in total. The number of ether oxygens (including phenoxy) is 3. The van der Waals surface area contributed by atoms with Crippen molar-refractivity contribution in [1.82, 2.24) is 14.5 Å². The lowest BCUT2D eigenvalue weighted by atomic mass is 10.2. The highest BCUT2D eigenvalue weighted by Crippen LogP contribution is 2.40. The summed E-state index contributed by atoms with van der Waals surface area (Å²) in [6.07, 6.45) is 5.56. The summed E-state index contributed by atoms with van der Waals surface area (Å²) >= 11 is 0. The summed E-state index contributed by atoms with van der Waals surface area (Å²) in [7, 11) is 4.79. The molecule has 0 fully saturated rings. The molecule has 1 N–H and O–H groups in total. The van der Waals surface area contributed by atoms with E-state index in [1.807, 2.05) is 36.7 Å². The van der Waals surface area contributed by atoms with E-state index in [9.17, 15) is 0 Å². The van der Waals surface area contributed by atoms with E-state index >= 15 is 0 Å². The van der Waals surface area contributed by atoms with Crippen LogP contribution in [0.2, 0.25) is 0 Å². The molecule has 0 saturated heterocycles. The van der Waals surface area contributed by atoms with E-state index in [2.05, 4.69) is 62.3 Å². The number of benzene rings is 2. The van der Waals surface area contributed by atoms with E-state index in [1.54, 1.807) is 27.5 Å². The molecule has 5 aromatic rings. The molecule has 3 aromatic heterocycles. The van der Waals surface area contributed by atoms with Crippen molar-refractivity contribution in [2.75, 3.05) is 26.6 Å². The number of nitrogens with one attached hydrogen (secondary N) is 1. The largest absolute Gasteiger partial charge is 0.493 e. The summed E-state index contributed by atoms with van der Waals surface area (Å²) in [6.45, 7) is 0.724. The number of rotatable bonds is 8. The van der Waals surface area contributed by atoms with Gasteiger partial charge in [0.1, 0.15) is 5.82 Å². The van der Waals surface area contributed by atoms with Gasteiger partial charge in [-0.15, -0.1) is 0 Å². The van der Waals surface area contributed by atoms with Crippen LogP contribution in [-0.4, -0.2) is 35.9 Å². The Hall–Kier alpha value is -4.52. The Balaban J connectivity index is 1.58. The SMILES string of the molecule is COc1cc(Nc2cc3c(cn2)cc(-c2cccnc2)n3Cc2ccccc2)cc(OC)c1OC. The second-order valence-corrected chi connectivity index (χ2v) is 8.01. The molecule has 2 aromatic carbocycles. The van der Waals surface area contributed by atoms with Crippen molar-refractivity contribution in [2.45, 2.75) is 6.54 Å². The third kappa shape index (κ3) is 4.48. The number of hydrogen-bond donors (Lipinski definition) is 1. The smallest absolute Gasteiger partial charge is 0.203 e. The number of methoxy groups -OCH3 is 3. The molecule has 3 heterocycles. The van der Waals surface area contributed by atoms with Crippen LogP contribution in [-0.2, 0) is 6.54 Å². The first-order valence-corrected chi connectivity index (χ1v) is 11.2. The molecule has 0 amide bonds. The fraction of sp³-hybridized carbons (Fsp3) is 0.143. The maximum absolute atomic E-state index is 5.49. The first-order chi connectivity index (χ1) is 17.2. The number of nitrogens with zero attached hydrogens (tertiary/aromatic N) is 3. The molecule has 0 aliphatic heterocycles. The normalized spacial score (nSPS) is 10.8. The van der Waals surface area contributed by atoms with Crippen LogP contribution in [0.4, 0.5) is 11.5 Å². The second kappa shape index (κ2) is 9.77. The molecular formula is C28H26N4O3. The highest BCUT2D eigenvalue weighted by molar-refractivity contribution is 5.88. The van der Waals surface area contributed by atoms with Crippen molar-refractivity contribution in [3.05, 3.63) is 90.9 Å². The van der Waals surface area contributed by atoms with E-state index < -0.39 is 0 Å². The monoisotopic (exact) mass is 466 g/mol. The average molecular weight is 467 g/mol. The molecule has 0 unspecified atom stereocenters. The summed E-state index contributed by atoms with van der Waals surface area (Å²) in [5, 5.41) is 4.44. The van der Waals surface area contributed by atoms with Crippen molar-refractivity contribution in [3.8, 4) is 28.5 Å². The van der Waals surface area contributed by atoms with Crippen molar-refractivity contribution in [2.24, 2.45) is 0 Å². The minimum atomic E-state index is 0.543. The third-order valence-corrected chi connectivity index (χ3v) is 5.86. The number of pyridine rings is 2. The fourth-order valence-electron chi connectivity index (χ4n) is 4.21. The van der Waals surface area contributed by atoms with Crippen LogP contribution < -0.4 is 19.5 Å². The minimum Gasteiger partial charge on any atom is -0.493 e. The first-order valence-electron chi connectivity index (χ1n) is 11.2. The summed E-state index contributed by atoms with van der Waals surface area (Å²) in [5.41, 5.74) is 5.20. The Morgan fingerprint density at radius 2 is 1.60 bits per heavy atom. The van der Waals surface area contributed by atoms with Gasteiger partial charge in [0.25, 0.3) is 0 Å². The lowest BCUT2D eigenvalue weighted by Crippen LogP contribution is -2.03. The van der Waals surface area contributed by atoms with Crippen LogP contribution in [0.5, 0.6) is 17.2 Å². The molecular weight excluding hydrogens is 440 g/mol. The van der Waals surface area contributed by atoms with Crippen LogP contribution >= 0.6 is 0 Å². The molecule has 0 spiro atoms. The van der Waals surface area contributed by atoms with Crippen LogP contribution in [0.3, 0.4) is 0 Å². The van der Waals surface area contributed by atoms with Gasteiger partial charge in [-0.2, -0.15) is 0 Å². The van der Waals surface area contributed by atoms with E-state index in [4.69, 9.17) is 14.2 Å². The molecule has 5 rings (SSSR count). The maximum Gasteiger partial charge on any atom is 0.203 e. The van der Waals surface area contributed by atoms with Gasteiger partial charge >= 0.3 is 0 Å². The number of anilines is 2. The number of fused-ring (bicyclic) bond motifs is 1. The van der Waals surface area contributed by atoms with Crippen LogP contribution in [0.25, 0.3) is 22.2 Å². The summed E-state index contributed by atoms with van der Waals surface area (Å²) < 4.78 is 18.7. The highest BCUT2D eigenvalue weighted by Gasteiger charge is 2.16.